The Morgan fingerprint density at radius 2 is 0.296 bits per heavy atom. The second-order valence-electron chi connectivity index (χ2n) is 8.87. The lowest BCUT2D eigenvalue weighted by molar-refractivity contribution is 0.432. The molecule has 0 saturated heterocycles. The molecule has 0 aliphatic carbocycles. The molecule has 2 aromatic rings. The van der Waals surface area contributed by atoms with Crippen molar-refractivity contribution in [1.82, 2.24) is 0 Å². The van der Waals surface area contributed by atoms with Crippen molar-refractivity contribution in [3.63, 3.8) is 0 Å². The highest BCUT2D eigenvalue weighted by Gasteiger charge is 2.49. The third-order valence-electron chi connectivity index (χ3n) is 5.26. The van der Waals surface area contributed by atoms with Crippen molar-refractivity contribution >= 4 is 123 Å². The van der Waals surface area contributed by atoms with Crippen LogP contribution >= 0.6 is 21.6 Å². The molecule has 0 spiro atoms. The molecule has 10 N–H and O–H groups in total. The first-order chi connectivity index (χ1) is 23.2. The minimum absolute atomic E-state index is 1.53. The van der Waals surface area contributed by atoms with Crippen molar-refractivity contribution in [1.29, 1.82) is 0 Å². The van der Waals surface area contributed by atoms with Crippen molar-refractivity contribution in [3.05, 3.63) is 0 Å². The van der Waals surface area contributed by atoms with E-state index in [0.717, 1.165) is 0 Å². The lowest BCUT2D eigenvalue weighted by Gasteiger charge is -2.21. The number of rotatable bonds is 13. The smallest absolute Gasteiger partial charge is 0.282 e. The molecule has 0 atom stereocenters. The average Bonchev–Trinajstić information content (AvgIpc) is 2.83. The van der Waals surface area contributed by atoms with Gasteiger partial charge in [-0.05, 0) is 21.6 Å². The first-order valence-electron chi connectivity index (χ1n) is 10.8. The van der Waals surface area contributed by atoms with Gasteiger partial charge in [-0.1, -0.05) is 0 Å². The summed E-state index contributed by atoms with van der Waals surface area (Å²) >= 11 is 0. The number of hydrogen-bond donors (Lipinski definition) is 10. The third-order valence-corrected chi connectivity index (χ3v) is 18.5. The number of benzene rings is 2. The van der Waals surface area contributed by atoms with Gasteiger partial charge < -0.3 is 0 Å². The van der Waals surface area contributed by atoms with E-state index in [9.17, 15) is 130 Å². The van der Waals surface area contributed by atoms with Crippen molar-refractivity contribution in [2.75, 3.05) is 0 Å². The van der Waals surface area contributed by atoms with Crippen LogP contribution in [0.3, 0.4) is 0 Å². The SMILES string of the molecule is O=S(=O)(O)c1c(SSc2c(S(=O)(=O)O)c(S(=O)(=O)O)c(S(=O)(=O)O)c(S(=O)(=O)O)c2S(=O)(=O)O)c(S(=O)(=O)O)c(S(=O)(=O)O)c(S(=O)(=O)O)c1S(=O)(=O)O. The molecule has 310 valence electrons. The highest BCUT2D eigenvalue weighted by molar-refractivity contribution is 8.76. The lowest BCUT2D eigenvalue weighted by Crippen LogP contribution is -2.24. The van der Waals surface area contributed by atoms with E-state index in [4.69, 9.17) is 0 Å². The van der Waals surface area contributed by atoms with Gasteiger partial charge in [0.2, 0.25) is 0 Å². The summed E-state index contributed by atoms with van der Waals surface area (Å²) in [5, 5.41) is 0. The molecule has 0 bridgehead atoms. The van der Waals surface area contributed by atoms with Gasteiger partial charge in [0.1, 0.15) is 49.0 Å². The van der Waals surface area contributed by atoms with E-state index in [-0.39, 0.29) is 0 Å². The molecule has 0 fully saturated rings. The minimum Gasteiger partial charge on any atom is -0.282 e. The largest absolute Gasteiger partial charge is 0.297 e. The van der Waals surface area contributed by atoms with Gasteiger partial charge >= 0.3 is 0 Å². The molecule has 0 saturated carbocycles. The summed E-state index contributed by atoms with van der Waals surface area (Å²) in [7, 11) is -72.6. The summed E-state index contributed by atoms with van der Waals surface area (Å²) in [5.74, 6) is 0. The van der Waals surface area contributed by atoms with Gasteiger partial charge in [0.15, 0.2) is 0 Å². The third kappa shape index (κ3) is 9.84. The summed E-state index contributed by atoms with van der Waals surface area (Å²) in [6.07, 6.45) is 0. The molecular weight excluding hydrogens is 1010 g/mol. The molecule has 0 aliphatic heterocycles. The van der Waals surface area contributed by atoms with Gasteiger partial charge in [0, 0.05) is 0 Å². The number of hydrogen-bond acceptors (Lipinski definition) is 22. The van der Waals surface area contributed by atoms with E-state index >= 15 is 0 Å². The second kappa shape index (κ2) is 14.0. The Bertz CT molecular complexity index is 2790. The predicted octanol–water partition coefficient (Wildman–Crippen LogP) is -3.05. The zero-order valence-corrected chi connectivity index (χ0v) is 33.3. The Balaban J connectivity index is 3.87. The maximum atomic E-state index is 12.4. The molecule has 2 rings (SSSR count). The quantitative estimate of drug-likeness (QED) is 0.0704. The van der Waals surface area contributed by atoms with Crippen LogP contribution in [0.2, 0.25) is 0 Å². The normalized spacial score (nSPS) is 14.6. The summed E-state index contributed by atoms with van der Waals surface area (Å²) in [6.45, 7) is 0. The zero-order chi connectivity index (χ0) is 43.3. The Morgan fingerprint density at radius 1 is 0.204 bits per heavy atom. The molecular formula is C12H10O30S12. The minimum atomic E-state index is -6.97. The fourth-order valence-corrected chi connectivity index (χ4v) is 21.1. The molecule has 30 nitrogen and oxygen atoms in total. The topological polar surface area (TPSA) is 544 Å². The first-order valence-corrected chi connectivity index (χ1v) is 27.3. The van der Waals surface area contributed by atoms with Gasteiger partial charge in [-0.2, -0.15) is 84.2 Å². The van der Waals surface area contributed by atoms with Crippen molar-refractivity contribution in [2.24, 2.45) is 0 Å². The van der Waals surface area contributed by atoms with Crippen LogP contribution in [0.25, 0.3) is 0 Å². The molecule has 0 heterocycles. The van der Waals surface area contributed by atoms with Crippen molar-refractivity contribution in [3.8, 4) is 0 Å². The molecule has 54 heavy (non-hydrogen) atoms. The molecule has 0 amide bonds. The summed E-state index contributed by atoms with van der Waals surface area (Å²) in [4.78, 5) is -37.4. The van der Waals surface area contributed by atoms with E-state index in [1.807, 2.05) is 0 Å². The van der Waals surface area contributed by atoms with Crippen LogP contribution in [0.1, 0.15) is 0 Å². The lowest BCUT2D eigenvalue weighted by atomic mass is 10.3. The molecule has 0 aliphatic rings. The summed E-state index contributed by atoms with van der Waals surface area (Å²) in [6, 6.07) is 0. The van der Waals surface area contributed by atoms with Crippen LogP contribution in [0.4, 0.5) is 0 Å². The highest BCUT2D eigenvalue weighted by Crippen LogP contribution is 2.54. The van der Waals surface area contributed by atoms with Gasteiger partial charge in [-0.15, -0.1) is 0 Å². The molecule has 42 heteroatoms. The van der Waals surface area contributed by atoms with Crippen LogP contribution in [0.15, 0.2) is 58.7 Å². The highest BCUT2D eigenvalue weighted by atomic mass is 33.1. The van der Waals surface area contributed by atoms with E-state index in [1.165, 1.54) is 0 Å². The fraction of sp³-hybridized carbons (Fsp3) is 0. The van der Waals surface area contributed by atoms with Gasteiger partial charge in [0.25, 0.3) is 101 Å². The molecule has 0 unspecified atom stereocenters. The van der Waals surface area contributed by atoms with Crippen LogP contribution in [-0.4, -0.2) is 130 Å². The monoisotopic (exact) mass is 1020 g/mol. The van der Waals surface area contributed by atoms with Crippen LogP contribution in [-0.2, 0) is 101 Å². The molecule has 2 aromatic carbocycles. The molecule has 0 aromatic heterocycles. The predicted molar refractivity (Wildman–Crippen MR) is 163 cm³/mol. The zero-order valence-electron chi connectivity index (χ0n) is 23.5. The van der Waals surface area contributed by atoms with Crippen LogP contribution in [0.5, 0.6) is 0 Å². The van der Waals surface area contributed by atoms with E-state index in [0.29, 0.717) is 0 Å². The van der Waals surface area contributed by atoms with Gasteiger partial charge in [-0.3, -0.25) is 45.5 Å². The Kier molecular flexibility index (Phi) is 12.5. The maximum absolute atomic E-state index is 12.4. The van der Waals surface area contributed by atoms with Crippen molar-refractivity contribution < 1.29 is 130 Å². The van der Waals surface area contributed by atoms with Crippen LogP contribution in [0, 0.1) is 0 Å². The summed E-state index contributed by atoms with van der Waals surface area (Å²) < 4.78 is 343. The van der Waals surface area contributed by atoms with E-state index < -0.39 is 182 Å². The first kappa shape index (κ1) is 48.4. The van der Waals surface area contributed by atoms with Crippen molar-refractivity contribution in [2.45, 2.75) is 58.7 Å². The fourth-order valence-electron chi connectivity index (χ4n) is 3.81. The maximum Gasteiger partial charge on any atom is 0.297 e. The van der Waals surface area contributed by atoms with Crippen LogP contribution < -0.4 is 0 Å². The van der Waals surface area contributed by atoms with E-state index in [2.05, 4.69) is 0 Å². The van der Waals surface area contributed by atoms with Gasteiger partial charge in [-0.25, -0.2) is 0 Å². The Morgan fingerprint density at radius 3 is 0.389 bits per heavy atom. The second-order valence-corrected chi connectivity index (χ2v) is 24.6. The molecule has 0 radical (unpaired) electrons. The summed E-state index contributed by atoms with van der Waals surface area (Å²) in [5.41, 5.74) is 0. The average molecular weight is 1020 g/mol. The van der Waals surface area contributed by atoms with E-state index in [1.54, 1.807) is 0 Å². The Labute approximate surface area is 308 Å². The van der Waals surface area contributed by atoms with Gasteiger partial charge in [0.05, 0.1) is 9.79 Å². The Hall–Kier alpha value is -1.76. The standard InChI is InChI=1S/C12H10O30S12/c13-45(14,15)3-1(4(46(16,17)18)8(50(28,29)30)11(53(37,38)39)7(3)49(25,26)27)43-44-2-5(47(19,20)21)9(51(31,32)33)12(54(40,41)42)10(52(34,35)36)6(2)48(22,23)24/h(H,13,14,15)(H,16,17,18)(H,19,20,21)(H,22,23,24)(H,25,26,27)(H,28,29,30)(H,31,32,33)(H,34,35,36)(H,37,38,39)(H,40,41,42).